The summed E-state index contributed by atoms with van der Waals surface area (Å²) >= 11 is 0. The van der Waals surface area contributed by atoms with Gasteiger partial charge in [-0.25, -0.2) is 4.98 Å². The van der Waals surface area contributed by atoms with E-state index in [1.165, 1.54) is 11.3 Å². The Bertz CT molecular complexity index is 465. The summed E-state index contributed by atoms with van der Waals surface area (Å²) in [6.45, 7) is 0. The highest BCUT2D eigenvalue weighted by Crippen LogP contribution is 2.27. The van der Waals surface area contributed by atoms with Crippen molar-refractivity contribution in [3.63, 3.8) is 0 Å². The van der Waals surface area contributed by atoms with Gasteiger partial charge >= 0.3 is 0 Å². The number of hydrogen-bond donors (Lipinski definition) is 2. The molecule has 102 valence electrons. The third-order valence-corrected chi connectivity index (χ3v) is 3.93. The van der Waals surface area contributed by atoms with Crippen molar-refractivity contribution >= 4 is 17.8 Å². The van der Waals surface area contributed by atoms with Crippen LogP contribution < -0.4 is 5.32 Å². The Balaban J connectivity index is 1.69. The van der Waals surface area contributed by atoms with E-state index in [0.717, 1.165) is 25.7 Å². The first kappa shape index (κ1) is 12.2. The number of nitrogens with one attached hydrogen (secondary N) is 2. The number of hydrogen-bond acceptors (Lipinski definition) is 4. The molecule has 2 fully saturated rings. The lowest BCUT2D eigenvalue weighted by molar-refractivity contribution is -0.141. The summed E-state index contributed by atoms with van der Waals surface area (Å²) in [7, 11) is 0. The SMILES string of the molecule is O=C1CC(Nc2ncc[nH]2)C(=O)N1C1CCCCC1. The minimum Gasteiger partial charge on any atom is -0.343 e. The molecule has 19 heavy (non-hydrogen) atoms. The maximum Gasteiger partial charge on any atom is 0.252 e. The van der Waals surface area contributed by atoms with Gasteiger partial charge < -0.3 is 10.3 Å². The van der Waals surface area contributed by atoms with Gasteiger partial charge in [0.05, 0.1) is 6.42 Å². The lowest BCUT2D eigenvalue weighted by Crippen LogP contribution is -2.43. The van der Waals surface area contributed by atoms with Crippen molar-refractivity contribution in [3.8, 4) is 0 Å². The molecule has 1 aliphatic heterocycles. The van der Waals surface area contributed by atoms with Crippen LogP contribution >= 0.6 is 0 Å². The van der Waals surface area contributed by atoms with Gasteiger partial charge in [-0.05, 0) is 12.8 Å². The van der Waals surface area contributed by atoms with Crippen LogP contribution in [0.25, 0.3) is 0 Å². The topological polar surface area (TPSA) is 78.1 Å². The van der Waals surface area contributed by atoms with E-state index >= 15 is 0 Å². The van der Waals surface area contributed by atoms with Crippen LogP contribution in [0.2, 0.25) is 0 Å². The highest BCUT2D eigenvalue weighted by Gasteiger charge is 2.42. The fourth-order valence-electron chi connectivity index (χ4n) is 3.00. The van der Waals surface area contributed by atoms with Gasteiger partial charge in [-0.2, -0.15) is 0 Å². The normalized spacial score (nSPS) is 25.1. The maximum atomic E-state index is 12.3. The summed E-state index contributed by atoms with van der Waals surface area (Å²) in [6.07, 6.45) is 8.85. The van der Waals surface area contributed by atoms with E-state index in [0.29, 0.717) is 5.95 Å². The van der Waals surface area contributed by atoms with Gasteiger partial charge in [0.2, 0.25) is 11.9 Å². The van der Waals surface area contributed by atoms with Gasteiger partial charge in [-0.1, -0.05) is 19.3 Å². The second-order valence-corrected chi connectivity index (χ2v) is 5.23. The fraction of sp³-hybridized carbons (Fsp3) is 0.615. The number of anilines is 1. The molecule has 2 N–H and O–H groups in total. The lowest BCUT2D eigenvalue weighted by atomic mass is 9.94. The Hall–Kier alpha value is -1.85. The Morgan fingerprint density at radius 3 is 2.74 bits per heavy atom. The average Bonchev–Trinajstić information content (AvgIpc) is 3.01. The van der Waals surface area contributed by atoms with Gasteiger partial charge in [-0.15, -0.1) is 0 Å². The summed E-state index contributed by atoms with van der Waals surface area (Å²) in [6, 6.07) is -0.363. The Labute approximate surface area is 111 Å². The minimum atomic E-state index is -0.472. The Morgan fingerprint density at radius 1 is 1.26 bits per heavy atom. The number of aromatic nitrogens is 2. The molecule has 6 nitrogen and oxygen atoms in total. The summed E-state index contributed by atoms with van der Waals surface area (Å²) in [5, 5.41) is 2.99. The third-order valence-electron chi connectivity index (χ3n) is 3.93. The highest BCUT2D eigenvalue weighted by atomic mass is 16.2. The van der Waals surface area contributed by atoms with Crippen molar-refractivity contribution in [2.75, 3.05) is 5.32 Å². The van der Waals surface area contributed by atoms with Crippen LogP contribution in [0.15, 0.2) is 12.4 Å². The number of likely N-dealkylation sites (tertiary alicyclic amines) is 1. The van der Waals surface area contributed by atoms with Crippen LogP contribution in [0.5, 0.6) is 0 Å². The molecule has 2 heterocycles. The monoisotopic (exact) mass is 262 g/mol. The molecule has 0 radical (unpaired) electrons. The molecular formula is C13H18N4O2. The van der Waals surface area contributed by atoms with Gasteiger partial charge in [0, 0.05) is 18.4 Å². The average molecular weight is 262 g/mol. The van der Waals surface area contributed by atoms with Crippen LogP contribution in [-0.4, -0.2) is 38.8 Å². The van der Waals surface area contributed by atoms with Crippen LogP contribution in [0.4, 0.5) is 5.95 Å². The van der Waals surface area contributed by atoms with Crippen molar-refractivity contribution in [2.45, 2.75) is 50.6 Å². The Morgan fingerprint density at radius 2 is 2.05 bits per heavy atom. The smallest absolute Gasteiger partial charge is 0.252 e. The van der Waals surface area contributed by atoms with E-state index in [-0.39, 0.29) is 24.3 Å². The number of amides is 2. The van der Waals surface area contributed by atoms with E-state index < -0.39 is 6.04 Å². The molecule has 0 spiro atoms. The number of H-pyrrole nitrogens is 1. The van der Waals surface area contributed by atoms with Crippen LogP contribution in [0.3, 0.4) is 0 Å². The number of carbonyl (C=O) groups excluding carboxylic acids is 2. The van der Waals surface area contributed by atoms with Crippen molar-refractivity contribution < 1.29 is 9.59 Å². The molecule has 1 aliphatic carbocycles. The molecule has 1 saturated carbocycles. The van der Waals surface area contributed by atoms with Crippen LogP contribution in [0, 0.1) is 0 Å². The molecular weight excluding hydrogens is 244 g/mol. The molecule has 1 saturated heterocycles. The molecule has 1 unspecified atom stereocenters. The zero-order valence-electron chi connectivity index (χ0n) is 10.8. The zero-order chi connectivity index (χ0) is 13.2. The predicted octanol–water partition coefficient (Wildman–Crippen LogP) is 1.28. The minimum absolute atomic E-state index is 0.0547. The third kappa shape index (κ3) is 2.34. The van der Waals surface area contributed by atoms with Crippen molar-refractivity contribution in [2.24, 2.45) is 0 Å². The highest BCUT2D eigenvalue weighted by molar-refractivity contribution is 6.07. The summed E-state index contributed by atoms with van der Waals surface area (Å²) < 4.78 is 0. The van der Waals surface area contributed by atoms with Gasteiger partial charge in [0.1, 0.15) is 6.04 Å². The van der Waals surface area contributed by atoms with E-state index in [4.69, 9.17) is 0 Å². The molecule has 0 bridgehead atoms. The largest absolute Gasteiger partial charge is 0.343 e. The molecule has 2 amide bonds. The standard InChI is InChI=1S/C13H18N4O2/c18-11-8-10(16-13-14-6-7-15-13)12(19)17(11)9-4-2-1-3-5-9/h6-7,9-10H,1-5,8H2,(H2,14,15,16). The number of nitrogens with zero attached hydrogens (tertiary/aromatic N) is 2. The Kier molecular flexibility index (Phi) is 3.23. The molecule has 1 aromatic heterocycles. The van der Waals surface area contributed by atoms with Gasteiger partial charge in [0.25, 0.3) is 5.91 Å². The quantitative estimate of drug-likeness (QED) is 0.804. The van der Waals surface area contributed by atoms with E-state index in [9.17, 15) is 9.59 Å². The molecule has 6 heteroatoms. The zero-order valence-corrected chi connectivity index (χ0v) is 10.8. The second-order valence-electron chi connectivity index (χ2n) is 5.23. The van der Waals surface area contributed by atoms with E-state index in [1.807, 2.05) is 0 Å². The van der Waals surface area contributed by atoms with Crippen LogP contribution in [0.1, 0.15) is 38.5 Å². The number of aromatic amines is 1. The molecule has 1 aromatic rings. The number of imide groups is 1. The van der Waals surface area contributed by atoms with Crippen molar-refractivity contribution in [1.29, 1.82) is 0 Å². The predicted molar refractivity (Wildman–Crippen MR) is 69.3 cm³/mol. The molecule has 1 atom stereocenters. The molecule has 0 aromatic carbocycles. The second kappa shape index (κ2) is 5.03. The van der Waals surface area contributed by atoms with Gasteiger partial charge in [-0.3, -0.25) is 14.5 Å². The lowest BCUT2D eigenvalue weighted by Gasteiger charge is -2.29. The molecule has 2 aliphatic rings. The summed E-state index contributed by atoms with van der Waals surface area (Å²) in [5.41, 5.74) is 0. The number of carbonyl (C=O) groups is 2. The first-order chi connectivity index (χ1) is 9.25. The number of rotatable bonds is 3. The van der Waals surface area contributed by atoms with Crippen LogP contribution in [-0.2, 0) is 9.59 Å². The van der Waals surface area contributed by atoms with E-state index in [1.54, 1.807) is 12.4 Å². The fourth-order valence-corrected chi connectivity index (χ4v) is 3.00. The first-order valence-electron chi connectivity index (χ1n) is 6.87. The first-order valence-corrected chi connectivity index (χ1v) is 6.87. The molecule has 3 rings (SSSR count). The van der Waals surface area contributed by atoms with E-state index in [2.05, 4.69) is 15.3 Å². The van der Waals surface area contributed by atoms with Crippen molar-refractivity contribution in [1.82, 2.24) is 14.9 Å². The maximum absolute atomic E-state index is 12.3. The number of imidazole rings is 1. The van der Waals surface area contributed by atoms with Gasteiger partial charge in [0.15, 0.2) is 0 Å². The summed E-state index contributed by atoms with van der Waals surface area (Å²) in [5.74, 6) is 0.380. The summed E-state index contributed by atoms with van der Waals surface area (Å²) in [4.78, 5) is 32.8. The van der Waals surface area contributed by atoms with Crippen molar-refractivity contribution in [3.05, 3.63) is 12.4 Å².